The summed E-state index contributed by atoms with van der Waals surface area (Å²) in [7, 11) is 0. The van der Waals surface area contributed by atoms with Crippen molar-refractivity contribution in [2.75, 3.05) is 16.8 Å². The minimum atomic E-state index is 0.298. The van der Waals surface area contributed by atoms with Gasteiger partial charge in [0.1, 0.15) is 12.0 Å². The Balaban J connectivity index is 2.07. The SMILES string of the molecule is Cc1ccc(CNc2ncnc(N)c2N)cc1. The smallest absolute Gasteiger partial charge is 0.155 e. The van der Waals surface area contributed by atoms with E-state index in [1.54, 1.807) is 0 Å². The number of aryl methyl sites for hydroxylation is 1. The molecule has 0 saturated carbocycles. The lowest BCUT2D eigenvalue weighted by Crippen LogP contribution is -2.07. The molecule has 5 heteroatoms. The van der Waals surface area contributed by atoms with Crippen LogP contribution in [0.2, 0.25) is 0 Å². The number of anilines is 3. The first-order valence-corrected chi connectivity index (χ1v) is 5.32. The van der Waals surface area contributed by atoms with Crippen molar-refractivity contribution in [1.82, 2.24) is 9.97 Å². The first-order chi connectivity index (χ1) is 8.16. The molecule has 0 atom stereocenters. The number of nitrogens with zero attached hydrogens (tertiary/aromatic N) is 2. The van der Waals surface area contributed by atoms with E-state index in [9.17, 15) is 0 Å². The number of aromatic nitrogens is 2. The van der Waals surface area contributed by atoms with Crippen molar-refractivity contribution >= 4 is 17.3 Å². The molecule has 0 radical (unpaired) electrons. The first-order valence-electron chi connectivity index (χ1n) is 5.32. The van der Waals surface area contributed by atoms with Crippen molar-refractivity contribution in [3.63, 3.8) is 0 Å². The van der Waals surface area contributed by atoms with Gasteiger partial charge in [0.15, 0.2) is 11.6 Å². The third kappa shape index (κ3) is 2.63. The van der Waals surface area contributed by atoms with E-state index in [2.05, 4.69) is 46.5 Å². The number of benzene rings is 1. The molecule has 1 heterocycles. The summed E-state index contributed by atoms with van der Waals surface area (Å²) in [5.74, 6) is 0.865. The van der Waals surface area contributed by atoms with Gasteiger partial charge in [0, 0.05) is 6.54 Å². The van der Waals surface area contributed by atoms with Crippen LogP contribution in [0.1, 0.15) is 11.1 Å². The Kier molecular flexibility index (Phi) is 3.09. The maximum atomic E-state index is 5.76. The number of nitrogen functional groups attached to an aromatic ring is 2. The predicted molar refractivity (Wildman–Crippen MR) is 69.4 cm³/mol. The Labute approximate surface area is 99.9 Å². The van der Waals surface area contributed by atoms with E-state index in [0.29, 0.717) is 23.9 Å². The molecular formula is C12H15N5. The summed E-state index contributed by atoms with van der Waals surface area (Å²) < 4.78 is 0. The lowest BCUT2D eigenvalue weighted by molar-refractivity contribution is 1.09. The number of rotatable bonds is 3. The standard InChI is InChI=1S/C12H15N5/c1-8-2-4-9(5-3-8)6-15-12-10(13)11(14)16-7-17-12/h2-5,7H,6,13H2,1H3,(H3,14,15,16,17). The Morgan fingerprint density at radius 3 is 2.53 bits per heavy atom. The van der Waals surface area contributed by atoms with Gasteiger partial charge in [-0.3, -0.25) is 0 Å². The molecule has 0 bridgehead atoms. The van der Waals surface area contributed by atoms with Crippen LogP contribution in [-0.4, -0.2) is 9.97 Å². The average Bonchev–Trinajstić information content (AvgIpc) is 2.33. The van der Waals surface area contributed by atoms with E-state index in [0.717, 1.165) is 5.56 Å². The molecular weight excluding hydrogens is 214 g/mol. The van der Waals surface area contributed by atoms with Crippen molar-refractivity contribution in [3.05, 3.63) is 41.7 Å². The number of hydrogen-bond acceptors (Lipinski definition) is 5. The highest BCUT2D eigenvalue weighted by Crippen LogP contribution is 2.19. The van der Waals surface area contributed by atoms with Gasteiger partial charge in [-0.05, 0) is 12.5 Å². The van der Waals surface area contributed by atoms with E-state index in [1.807, 2.05) is 0 Å². The molecule has 1 aromatic heterocycles. The van der Waals surface area contributed by atoms with Crippen LogP contribution in [0.3, 0.4) is 0 Å². The molecule has 5 N–H and O–H groups in total. The molecule has 88 valence electrons. The topological polar surface area (TPSA) is 89.8 Å². The third-order valence-corrected chi connectivity index (χ3v) is 2.50. The maximum Gasteiger partial charge on any atom is 0.155 e. The van der Waals surface area contributed by atoms with Crippen molar-refractivity contribution in [1.29, 1.82) is 0 Å². The van der Waals surface area contributed by atoms with Crippen LogP contribution in [0.25, 0.3) is 0 Å². The fraction of sp³-hybridized carbons (Fsp3) is 0.167. The molecule has 0 aliphatic heterocycles. The minimum absolute atomic E-state index is 0.298. The van der Waals surface area contributed by atoms with E-state index in [1.165, 1.54) is 11.9 Å². The number of hydrogen-bond donors (Lipinski definition) is 3. The highest BCUT2D eigenvalue weighted by atomic mass is 15.1. The maximum absolute atomic E-state index is 5.76. The lowest BCUT2D eigenvalue weighted by atomic mass is 10.1. The summed E-state index contributed by atoms with van der Waals surface area (Å²) in [6.45, 7) is 2.71. The Morgan fingerprint density at radius 2 is 1.82 bits per heavy atom. The first kappa shape index (κ1) is 11.2. The van der Waals surface area contributed by atoms with Crippen LogP contribution < -0.4 is 16.8 Å². The van der Waals surface area contributed by atoms with Crippen LogP contribution in [0.4, 0.5) is 17.3 Å². The average molecular weight is 229 g/mol. The molecule has 0 unspecified atom stereocenters. The second-order valence-corrected chi connectivity index (χ2v) is 3.86. The molecule has 0 saturated heterocycles. The molecule has 17 heavy (non-hydrogen) atoms. The van der Waals surface area contributed by atoms with Crippen LogP contribution in [-0.2, 0) is 6.54 Å². The molecule has 5 nitrogen and oxygen atoms in total. The Morgan fingerprint density at radius 1 is 1.12 bits per heavy atom. The summed E-state index contributed by atoms with van der Waals surface area (Å²) in [5, 5.41) is 3.13. The normalized spacial score (nSPS) is 10.2. The van der Waals surface area contributed by atoms with Gasteiger partial charge in [-0.25, -0.2) is 9.97 Å². The van der Waals surface area contributed by atoms with Gasteiger partial charge in [0.25, 0.3) is 0 Å². The van der Waals surface area contributed by atoms with Crippen LogP contribution in [0, 0.1) is 6.92 Å². The highest BCUT2D eigenvalue weighted by molar-refractivity contribution is 5.72. The Hall–Kier alpha value is -2.30. The monoisotopic (exact) mass is 229 g/mol. The van der Waals surface area contributed by atoms with Crippen molar-refractivity contribution in [2.24, 2.45) is 0 Å². The molecule has 0 fully saturated rings. The van der Waals surface area contributed by atoms with E-state index >= 15 is 0 Å². The summed E-state index contributed by atoms with van der Waals surface area (Å²) >= 11 is 0. The molecule has 2 rings (SSSR count). The third-order valence-electron chi connectivity index (χ3n) is 2.50. The molecule has 0 spiro atoms. The molecule has 0 amide bonds. The minimum Gasteiger partial charge on any atom is -0.393 e. The van der Waals surface area contributed by atoms with Gasteiger partial charge in [-0.15, -0.1) is 0 Å². The molecule has 0 aliphatic rings. The highest BCUT2D eigenvalue weighted by Gasteiger charge is 2.04. The van der Waals surface area contributed by atoms with Crippen molar-refractivity contribution in [2.45, 2.75) is 13.5 Å². The van der Waals surface area contributed by atoms with Gasteiger partial charge in [0.05, 0.1) is 0 Å². The zero-order chi connectivity index (χ0) is 12.3. The zero-order valence-electron chi connectivity index (χ0n) is 9.64. The van der Waals surface area contributed by atoms with Crippen LogP contribution >= 0.6 is 0 Å². The van der Waals surface area contributed by atoms with Gasteiger partial charge in [0.2, 0.25) is 0 Å². The zero-order valence-corrected chi connectivity index (χ0v) is 9.64. The largest absolute Gasteiger partial charge is 0.393 e. The molecule has 1 aromatic carbocycles. The van der Waals surface area contributed by atoms with Gasteiger partial charge in [-0.2, -0.15) is 0 Å². The molecule has 0 aliphatic carbocycles. The van der Waals surface area contributed by atoms with Gasteiger partial charge in [-0.1, -0.05) is 29.8 Å². The summed E-state index contributed by atoms with van der Waals surface area (Å²) in [6.07, 6.45) is 1.39. The number of nitrogens with two attached hydrogens (primary N) is 2. The fourth-order valence-electron chi connectivity index (χ4n) is 1.44. The quantitative estimate of drug-likeness (QED) is 0.743. The van der Waals surface area contributed by atoms with Crippen LogP contribution in [0.5, 0.6) is 0 Å². The van der Waals surface area contributed by atoms with E-state index < -0.39 is 0 Å². The number of nitrogens with one attached hydrogen (secondary N) is 1. The van der Waals surface area contributed by atoms with E-state index in [-0.39, 0.29) is 0 Å². The summed E-state index contributed by atoms with van der Waals surface area (Å²) in [5.41, 5.74) is 14.1. The lowest BCUT2D eigenvalue weighted by Gasteiger charge is -2.09. The molecule has 2 aromatic rings. The summed E-state index contributed by atoms with van der Waals surface area (Å²) in [6, 6.07) is 8.25. The van der Waals surface area contributed by atoms with E-state index in [4.69, 9.17) is 11.5 Å². The predicted octanol–water partition coefficient (Wildman–Crippen LogP) is 1.56. The second-order valence-electron chi connectivity index (χ2n) is 3.86. The van der Waals surface area contributed by atoms with Crippen LogP contribution in [0.15, 0.2) is 30.6 Å². The van der Waals surface area contributed by atoms with Crippen molar-refractivity contribution < 1.29 is 0 Å². The fourth-order valence-corrected chi connectivity index (χ4v) is 1.44. The van der Waals surface area contributed by atoms with Gasteiger partial charge >= 0.3 is 0 Å². The Bertz CT molecular complexity index is 507. The second kappa shape index (κ2) is 4.69. The summed E-state index contributed by atoms with van der Waals surface area (Å²) in [4.78, 5) is 7.85. The van der Waals surface area contributed by atoms with Gasteiger partial charge < -0.3 is 16.8 Å². The van der Waals surface area contributed by atoms with Crippen molar-refractivity contribution in [3.8, 4) is 0 Å².